The lowest BCUT2D eigenvalue weighted by molar-refractivity contribution is -0.00132. The van der Waals surface area contributed by atoms with Gasteiger partial charge in [0, 0.05) is 32.5 Å². The molecule has 0 radical (unpaired) electrons. The van der Waals surface area contributed by atoms with Crippen LogP contribution in [0.2, 0.25) is 0 Å². The highest BCUT2D eigenvalue weighted by atomic mass is 19.1. The predicted molar refractivity (Wildman–Crippen MR) is 94.9 cm³/mol. The van der Waals surface area contributed by atoms with Crippen LogP contribution in [0.4, 0.5) is 9.18 Å². The molecule has 1 aromatic carbocycles. The first kappa shape index (κ1) is 17.8. The molecule has 144 valence electrons. The van der Waals surface area contributed by atoms with E-state index in [0.29, 0.717) is 24.6 Å². The number of piperidine rings is 1. The molecule has 2 saturated heterocycles. The Morgan fingerprint density at radius 1 is 1.37 bits per heavy atom. The van der Waals surface area contributed by atoms with Crippen LogP contribution in [0.5, 0.6) is 5.75 Å². The molecule has 1 aromatic heterocycles. The van der Waals surface area contributed by atoms with Crippen LogP contribution in [-0.4, -0.2) is 48.3 Å². The van der Waals surface area contributed by atoms with Crippen LogP contribution >= 0.6 is 0 Å². The van der Waals surface area contributed by atoms with Crippen molar-refractivity contribution < 1.29 is 23.1 Å². The molecule has 2 aliphatic heterocycles. The van der Waals surface area contributed by atoms with E-state index in [1.54, 1.807) is 12.1 Å². The molecule has 2 aliphatic rings. The number of nitrogens with one attached hydrogen (secondary N) is 1. The highest BCUT2D eigenvalue weighted by molar-refractivity contribution is 5.70. The largest absolute Gasteiger partial charge is 0.497 e. The summed E-state index contributed by atoms with van der Waals surface area (Å²) in [6.07, 6.45) is 1.22. The normalized spacial score (nSPS) is 19.1. The van der Waals surface area contributed by atoms with Crippen molar-refractivity contribution in [1.82, 2.24) is 15.2 Å². The summed E-state index contributed by atoms with van der Waals surface area (Å²) < 4.78 is 30.5. The molecule has 1 spiro atoms. The van der Waals surface area contributed by atoms with Gasteiger partial charge in [-0.3, -0.25) is 4.90 Å². The van der Waals surface area contributed by atoms with Gasteiger partial charge in [0.2, 0.25) is 5.89 Å². The number of hydrogen-bond donors (Lipinski definition) is 1. The van der Waals surface area contributed by atoms with Gasteiger partial charge in [-0.1, -0.05) is 0 Å². The third kappa shape index (κ3) is 3.49. The van der Waals surface area contributed by atoms with E-state index in [1.165, 1.54) is 13.2 Å². The van der Waals surface area contributed by atoms with Crippen molar-refractivity contribution in [2.75, 3.05) is 26.7 Å². The monoisotopic (exact) mass is 375 g/mol. The van der Waals surface area contributed by atoms with E-state index in [-0.39, 0.29) is 23.1 Å². The Kier molecular flexibility index (Phi) is 4.51. The number of aryl methyl sites for hydroxylation is 1. The van der Waals surface area contributed by atoms with Gasteiger partial charge < -0.3 is 19.2 Å². The highest BCUT2D eigenvalue weighted by Gasteiger charge is 2.42. The molecular weight excluding hydrogens is 353 g/mol. The molecule has 3 heterocycles. The number of benzene rings is 1. The number of carbonyl (C=O) groups excluding carboxylic acids is 1. The molecule has 0 saturated carbocycles. The van der Waals surface area contributed by atoms with Crippen molar-refractivity contribution in [3.63, 3.8) is 0 Å². The minimum Gasteiger partial charge on any atom is -0.497 e. The zero-order valence-corrected chi connectivity index (χ0v) is 15.4. The third-order valence-corrected chi connectivity index (χ3v) is 5.30. The van der Waals surface area contributed by atoms with E-state index in [1.807, 2.05) is 6.92 Å². The van der Waals surface area contributed by atoms with Gasteiger partial charge in [-0.25, -0.2) is 14.2 Å². The Balaban J connectivity index is 1.46. The molecule has 0 atom stereocenters. The van der Waals surface area contributed by atoms with Crippen molar-refractivity contribution in [1.29, 1.82) is 0 Å². The Hall–Kier alpha value is -2.61. The molecule has 0 bridgehead atoms. The van der Waals surface area contributed by atoms with Crippen molar-refractivity contribution >= 4 is 6.09 Å². The van der Waals surface area contributed by atoms with Gasteiger partial charge >= 0.3 is 6.09 Å². The van der Waals surface area contributed by atoms with Gasteiger partial charge in [0.15, 0.2) is 0 Å². The van der Waals surface area contributed by atoms with Crippen molar-refractivity contribution in [3.8, 4) is 17.2 Å². The molecule has 1 N–H and O–H groups in total. The number of carbonyl (C=O) groups is 1. The SMILES string of the molecule is COc1ccc(F)c(-c2nc(CN3CCC4(CC3)CNC(=O)O4)c(C)o2)c1. The average molecular weight is 375 g/mol. The Morgan fingerprint density at radius 3 is 2.81 bits per heavy atom. The fourth-order valence-electron chi connectivity index (χ4n) is 3.60. The first-order valence-electron chi connectivity index (χ1n) is 8.97. The Morgan fingerprint density at radius 2 is 2.15 bits per heavy atom. The number of amides is 1. The molecule has 7 nitrogen and oxygen atoms in total. The number of nitrogens with zero attached hydrogens (tertiary/aromatic N) is 2. The molecule has 2 aromatic rings. The van der Waals surface area contributed by atoms with Gasteiger partial charge in [0.25, 0.3) is 0 Å². The summed E-state index contributed by atoms with van der Waals surface area (Å²) in [7, 11) is 1.53. The van der Waals surface area contributed by atoms with Crippen LogP contribution in [0.25, 0.3) is 11.5 Å². The molecule has 1 amide bonds. The fourth-order valence-corrected chi connectivity index (χ4v) is 3.60. The molecule has 0 aliphatic carbocycles. The van der Waals surface area contributed by atoms with Gasteiger partial charge in [0.1, 0.15) is 22.9 Å². The van der Waals surface area contributed by atoms with Crippen molar-refractivity contribution in [2.45, 2.75) is 31.9 Å². The minimum atomic E-state index is -0.404. The number of oxazole rings is 1. The average Bonchev–Trinajstić information content (AvgIpc) is 3.20. The summed E-state index contributed by atoms with van der Waals surface area (Å²) in [5.41, 5.74) is 0.691. The number of hydrogen-bond acceptors (Lipinski definition) is 6. The predicted octanol–water partition coefficient (Wildman–Crippen LogP) is 2.87. The van der Waals surface area contributed by atoms with Gasteiger partial charge in [0.05, 0.1) is 24.9 Å². The highest BCUT2D eigenvalue weighted by Crippen LogP contribution is 2.31. The summed E-state index contributed by atoms with van der Waals surface area (Å²) >= 11 is 0. The maximum Gasteiger partial charge on any atom is 0.407 e. The number of rotatable bonds is 4. The standard InChI is InChI=1S/C19H22FN3O4/c1-12-16(10-23-7-5-19(6-8-23)11-21-18(24)27-19)22-17(26-12)14-9-13(25-2)3-4-15(14)20/h3-4,9H,5-8,10-11H2,1-2H3,(H,21,24). The number of ether oxygens (including phenoxy) is 2. The fraction of sp³-hybridized carbons (Fsp3) is 0.474. The number of methoxy groups -OCH3 is 1. The summed E-state index contributed by atoms with van der Waals surface area (Å²) in [5.74, 6) is 1.06. The third-order valence-electron chi connectivity index (χ3n) is 5.30. The summed E-state index contributed by atoms with van der Waals surface area (Å²) in [6, 6.07) is 4.48. The second-order valence-corrected chi connectivity index (χ2v) is 7.07. The molecule has 27 heavy (non-hydrogen) atoms. The lowest BCUT2D eigenvalue weighted by Gasteiger charge is -2.36. The van der Waals surface area contributed by atoms with E-state index in [9.17, 15) is 9.18 Å². The van der Waals surface area contributed by atoms with E-state index < -0.39 is 5.82 Å². The van der Waals surface area contributed by atoms with Crippen LogP contribution in [0.3, 0.4) is 0 Å². The number of likely N-dealkylation sites (tertiary alicyclic amines) is 1. The van der Waals surface area contributed by atoms with Crippen molar-refractivity contribution in [3.05, 3.63) is 35.5 Å². The summed E-state index contributed by atoms with van der Waals surface area (Å²) in [4.78, 5) is 18.1. The van der Waals surface area contributed by atoms with Crippen LogP contribution < -0.4 is 10.1 Å². The second-order valence-electron chi connectivity index (χ2n) is 7.07. The van der Waals surface area contributed by atoms with E-state index >= 15 is 0 Å². The zero-order valence-electron chi connectivity index (χ0n) is 15.4. The van der Waals surface area contributed by atoms with E-state index in [0.717, 1.165) is 31.6 Å². The first-order valence-corrected chi connectivity index (χ1v) is 8.97. The van der Waals surface area contributed by atoms with Crippen LogP contribution in [0.15, 0.2) is 22.6 Å². The lowest BCUT2D eigenvalue weighted by atomic mass is 9.91. The van der Waals surface area contributed by atoms with Gasteiger partial charge in [-0.15, -0.1) is 0 Å². The molecule has 2 fully saturated rings. The first-order chi connectivity index (χ1) is 13.0. The van der Waals surface area contributed by atoms with Crippen molar-refractivity contribution in [2.24, 2.45) is 0 Å². The zero-order chi connectivity index (χ0) is 19.0. The number of aromatic nitrogens is 1. The lowest BCUT2D eigenvalue weighted by Crippen LogP contribution is -2.46. The quantitative estimate of drug-likeness (QED) is 0.886. The Labute approximate surface area is 156 Å². The minimum absolute atomic E-state index is 0.251. The summed E-state index contributed by atoms with van der Waals surface area (Å²) in [6.45, 7) is 4.60. The molecular formula is C19H22FN3O4. The van der Waals surface area contributed by atoms with Crippen LogP contribution in [-0.2, 0) is 11.3 Å². The van der Waals surface area contributed by atoms with E-state index in [4.69, 9.17) is 13.9 Å². The topological polar surface area (TPSA) is 76.8 Å². The maximum absolute atomic E-state index is 14.2. The maximum atomic E-state index is 14.2. The molecule has 4 rings (SSSR count). The summed E-state index contributed by atoms with van der Waals surface area (Å²) in [5, 5.41) is 2.74. The molecule has 8 heteroatoms. The van der Waals surface area contributed by atoms with Gasteiger partial charge in [-0.2, -0.15) is 0 Å². The number of alkyl carbamates (subject to hydrolysis) is 1. The smallest absolute Gasteiger partial charge is 0.407 e. The Bertz CT molecular complexity index is 859. The van der Waals surface area contributed by atoms with Crippen LogP contribution in [0.1, 0.15) is 24.3 Å². The van der Waals surface area contributed by atoms with Gasteiger partial charge in [-0.05, 0) is 25.1 Å². The second kappa shape index (κ2) is 6.84. The van der Waals surface area contributed by atoms with Crippen LogP contribution in [0, 0.1) is 12.7 Å². The molecule has 0 unspecified atom stereocenters. The van der Waals surface area contributed by atoms with E-state index in [2.05, 4.69) is 15.2 Å². The number of halogens is 1.